The lowest BCUT2D eigenvalue weighted by molar-refractivity contribution is -0.383. The van der Waals surface area contributed by atoms with Crippen LogP contribution in [0.5, 0.6) is 0 Å². The molecule has 106 valence electrons. The fraction of sp³-hybridized carbons (Fsp3) is 0.357. The van der Waals surface area contributed by atoms with Gasteiger partial charge in [-0.3, -0.25) is 15.1 Å². The third-order valence-electron chi connectivity index (χ3n) is 3.25. The van der Waals surface area contributed by atoms with Gasteiger partial charge in [-0.25, -0.2) is 0 Å². The van der Waals surface area contributed by atoms with Gasteiger partial charge in [-0.2, -0.15) is 11.8 Å². The average molecular weight is 291 g/mol. The quantitative estimate of drug-likeness (QED) is 0.672. The van der Waals surface area contributed by atoms with Crippen molar-refractivity contribution in [1.29, 1.82) is 0 Å². The zero-order chi connectivity index (χ0) is 14.8. The molecule has 2 aromatic rings. The summed E-state index contributed by atoms with van der Waals surface area (Å²) in [6.07, 6.45) is 5.26. The summed E-state index contributed by atoms with van der Waals surface area (Å²) < 4.78 is 0.0983. The molecule has 0 spiro atoms. The number of nitro groups is 1. The third kappa shape index (κ3) is 3.01. The predicted molar refractivity (Wildman–Crippen MR) is 84.5 cm³/mol. The second kappa shape index (κ2) is 5.66. The first-order valence-electron chi connectivity index (χ1n) is 6.25. The van der Waals surface area contributed by atoms with Crippen LogP contribution in [0.3, 0.4) is 0 Å². The lowest BCUT2D eigenvalue weighted by atomic mass is 10.1. The van der Waals surface area contributed by atoms with Crippen molar-refractivity contribution < 1.29 is 4.92 Å². The molecular weight excluding hydrogens is 274 g/mol. The van der Waals surface area contributed by atoms with Crippen LogP contribution < -0.4 is 5.32 Å². The first-order valence-corrected chi connectivity index (χ1v) is 7.47. The van der Waals surface area contributed by atoms with Crippen LogP contribution in [-0.2, 0) is 0 Å². The van der Waals surface area contributed by atoms with Crippen LogP contribution in [0.4, 0.5) is 11.4 Å². The largest absolute Gasteiger partial charge is 0.383 e. The molecule has 2 rings (SSSR count). The number of non-ortho nitro benzene ring substituents is 1. The molecule has 0 aliphatic carbocycles. The monoisotopic (exact) mass is 291 g/mol. The number of fused-ring (bicyclic) bond motifs is 1. The Balaban J connectivity index is 2.41. The first-order chi connectivity index (χ1) is 9.44. The summed E-state index contributed by atoms with van der Waals surface area (Å²) in [6.45, 7) is 5.09. The molecule has 0 unspecified atom stereocenters. The van der Waals surface area contributed by atoms with E-state index in [2.05, 4.69) is 30.4 Å². The molecule has 0 radical (unpaired) electrons. The van der Waals surface area contributed by atoms with Crippen LogP contribution in [0.2, 0.25) is 0 Å². The van der Waals surface area contributed by atoms with Gasteiger partial charge in [0.2, 0.25) is 0 Å². The molecule has 1 heterocycles. The molecule has 0 aliphatic heterocycles. The van der Waals surface area contributed by atoms with Gasteiger partial charge in [-0.1, -0.05) is 0 Å². The number of hydrogen-bond acceptors (Lipinski definition) is 5. The molecule has 0 atom stereocenters. The van der Waals surface area contributed by atoms with E-state index in [0.29, 0.717) is 5.39 Å². The Morgan fingerprint density at radius 3 is 2.75 bits per heavy atom. The smallest absolute Gasteiger partial charge is 0.278 e. The third-order valence-corrected chi connectivity index (χ3v) is 4.50. The minimum Gasteiger partial charge on any atom is -0.383 e. The van der Waals surface area contributed by atoms with Gasteiger partial charge < -0.3 is 5.32 Å². The van der Waals surface area contributed by atoms with Gasteiger partial charge in [0.25, 0.3) is 5.69 Å². The number of nitrogens with one attached hydrogen (secondary N) is 1. The molecule has 1 aromatic heterocycles. The van der Waals surface area contributed by atoms with E-state index in [4.69, 9.17) is 0 Å². The fourth-order valence-corrected chi connectivity index (χ4v) is 2.09. The zero-order valence-electron chi connectivity index (χ0n) is 11.7. The second-order valence-corrected chi connectivity index (χ2v) is 6.64. The van der Waals surface area contributed by atoms with E-state index in [0.717, 1.165) is 17.6 Å². The summed E-state index contributed by atoms with van der Waals surface area (Å²) in [5, 5.41) is 15.8. The van der Waals surface area contributed by atoms with Gasteiger partial charge >= 0.3 is 0 Å². The lowest BCUT2D eigenvalue weighted by Gasteiger charge is -2.23. The summed E-state index contributed by atoms with van der Waals surface area (Å²) in [6, 6.07) is 5.09. The van der Waals surface area contributed by atoms with E-state index in [1.807, 2.05) is 0 Å². The van der Waals surface area contributed by atoms with E-state index in [9.17, 15) is 10.1 Å². The molecule has 0 aliphatic rings. The summed E-state index contributed by atoms with van der Waals surface area (Å²) in [5.74, 6) is 0. The fourth-order valence-electron chi connectivity index (χ4n) is 1.87. The first kappa shape index (κ1) is 14.6. The Hall–Kier alpha value is -1.82. The number of aromatic nitrogens is 1. The van der Waals surface area contributed by atoms with E-state index in [-0.39, 0.29) is 15.4 Å². The van der Waals surface area contributed by atoms with Gasteiger partial charge in [-0.05, 0) is 32.2 Å². The van der Waals surface area contributed by atoms with Crippen molar-refractivity contribution in [2.75, 3.05) is 18.1 Å². The standard InChI is InChI=1S/C14H17N3O2S/c1-14(2,20-3)9-16-12-4-5-13(17(18)19)11-8-15-7-6-10(11)12/h4-8,16H,9H2,1-3H3. The van der Waals surface area contributed by atoms with Crippen molar-refractivity contribution in [3.8, 4) is 0 Å². The Kier molecular flexibility index (Phi) is 4.13. The topological polar surface area (TPSA) is 68.1 Å². The van der Waals surface area contributed by atoms with E-state index >= 15 is 0 Å². The Morgan fingerprint density at radius 2 is 2.10 bits per heavy atom. The van der Waals surface area contributed by atoms with Crippen LogP contribution in [-0.4, -0.2) is 27.5 Å². The highest BCUT2D eigenvalue weighted by atomic mass is 32.2. The molecular formula is C14H17N3O2S. The minimum atomic E-state index is -0.375. The number of rotatable bonds is 5. The van der Waals surface area contributed by atoms with Crippen molar-refractivity contribution >= 4 is 33.9 Å². The van der Waals surface area contributed by atoms with Crippen LogP contribution in [0.25, 0.3) is 10.8 Å². The van der Waals surface area contributed by atoms with Crippen molar-refractivity contribution in [2.45, 2.75) is 18.6 Å². The van der Waals surface area contributed by atoms with Crippen LogP contribution >= 0.6 is 11.8 Å². The Morgan fingerprint density at radius 1 is 1.35 bits per heavy atom. The average Bonchev–Trinajstić information content (AvgIpc) is 2.44. The molecule has 0 saturated carbocycles. The van der Waals surface area contributed by atoms with Gasteiger partial charge in [0, 0.05) is 40.8 Å². The molecule has 0 amide bonds. The number of nitro benzene ring substituents is 1. The maximum absolute atomic E-state index is 11.0. The summed E-state index contributed by atoms with van der Waals surface area (Å²) in [5.41, 5.74) is 0.984. The Bertz CT molecular complexity index is 643. The highest BCUT2D eigenvalue weighted by Gasteiger charge is 2.18. The van der Waals surface area contributed by atoms with E-state index in [1.54, 1.807) is 36.3 Å². The summed E-state index contributed by atoms with van der Waals surface area (Å²) >= 11 is 1.78. The second-order valence-electron chi connectivity index (χ2n) is 5.13. The molecule has 20 heavy (non-hydrogen) atoms. The summed E-state index contributed by atoms with van der Waals surface area (Å²) in [4.78, 5) is 14.7. The van der Waals surface area contributed by atoms with E-state index < -0.39 is 0 Å². The molecule has 0 fully saturated rings. The SMILES string of the molecule is CSC(C)(C)CNc1ccc([N+](=O)[O-])c2cnccc12. The number of nitrogens with zero attached hydrogens (tertiary/aromatic N) is 2. The molecule has 6 heteroatoms. The van der Waals surface area contributed by atoms with E-state index in [1.165, 1.54) is 6.07 Å². The minimum absolute atomic E-state index is 0.0859. The molecule has 5 nitrogen and oxygen atoms in total. The zero-order valence-corrected chi connectivity index (χ0v) is 12.5. The van der Waals surface area contributed by atoms with Crippen LogP contribution in [0, 0.1) is 10.1 Å². The maximum atomic E-state index is 11.0. The number of anilines is 1. The molecule has 1 N–H and O–H groups in total. The summed E-state index contributed by atoms with van der Waals surface area (Å²) in [7, 11) is 0. The van der Waals surface area contributed by atoms with Gasteiger partial charge in [0.05, 0.1) is 10.3 Å². The van der Waals surface area contributed by atoms with Crippen molar-refractivity contribution in [3.63, 3.8) is 0 Å². The number of hydrogen-bond donors (Lipinski definition) is 1. The molecule has 0 saturated heterocycles. The number of thioether (sulfide) groups is 1. The highest BCUT2D eigenvalue weighted by molar-refractivity contribution is 7.99. The molecule has 1 aromatic carbocycles. The maximum Gasteiger partial charge on any atom is 0.278 e. The van der Waals surface area contributed by atoms with Crippen LogP contribution in [0.1, 0.15) is 13.8 Å². The van der Waals surface area contributed by atoms with Crippen molar-refractivity contribution in [3.05, 3.63) is 40.7 Å². The van der Waals surface area contributed by atoms with Gasteiger partial charge in [0.15, 0.2) is 0 Å². The highest BCUT2D eigenvalue weighted by Crippen LogP contribution is 2.31. The number of pyridine rings is 1. The Labute approximate surface area is 121 Å². The van der Waals surface area contributed by atoms with Gasteiger partial charge in [0.1, 0.15) is 0 Å². The van der Waals surface area contributed by atoms with Crippen molar-refractivity contribution in [1.82, 2.24) is 4.98 Å². The lowest BCUT2D eigenvalue weighted by Crippen LogP contribution is -2.25. The molecule has 0 bridgehead atoms. The predicted octanol–water partition coefficient (Wildman–Crippen LogP) is 3.70. The normalized spacial score (nSPS) is 11.6. The van der Waals surface area contributed by atoms with Crippen molar-refractivity contribution in [2.24, 2.45) is 0 Å². The number of benzene rings is 1. The van der Waals surface area contributed by atoms with Crippen LogP contribution in [0.15, 0.2) is 30.6 Å². The van der Waals surface area contributed by atoms with Gasteiger partial charge in [-0.15, -0.1) is 0 Å².